The Morgan fingerprint density at radius 1 is 1.08 bits per heavy atom. The molecule has 4 nitrogen and oxygen atoms in total. The second kappa shape index (κ2) is 8.08. The van der Waals surface area contributed by atoms with E-state index in [2.05, 4.69) is 16.8 Å². The average Bonchev–Trinajstić information content (AvgIpc) is 2.59. The molecular formula is C19H28FN3O. The first-order chi connectivity index (χ1) is 11.6. The van der Waals surface area contributed by atoms with Crippen LogP contribution in [0.2, 0.25) is 0 Å². The Balaban J connectivity index is 1.44. The van der Waals surface area contributed by atoms with Crippen molar-refractivity contribution in [3.63, 3.8) is 0 Å². The topological polar surface area (TPSA) is 26.8 Å². The van der Waals surface area contributed by atoms with Gasteiger partial charge in [-0.25, -0.2) is 4.39 Å². The molecule has 5 heteroatoms. The van der Waals surface area contributed by atoms with Crippen LogP contribution in [-0.2, 0) is 11.2 Å². The molecule has 132 valence electrons. The second-order valence-corrected chi connectivity index (χ2v) is 7.11. The largest absolute Gasteiger partial charge is 0.340 e. The van der Waals surface area contributed by atoms with E-state index >= 15 is 0 Å². The predicted molar refractivity (Wildman–Crippen MR) is 93.4 cm³/mol. The number of piperazine rings is 1. The lowest BCUT2D eigenvalue weighted by molar-refractivity contribution is -0.132. The third kappa shape index (κ3) is 4.54. The minimum Gasteiger partial charge on any atom is -0.340 e. The summed E-state index contributed by atoms with van der Waals surface area (Å²) in [5.74, 6) is -0.108. The summed E-state index contributed by atoms with van der Waals surface area (Å²) < 4.78 is 12.9. The lowest BCUT2D eigenvalue weighted by Gasteiger charge is -2.40. The number of piperidine rings is 1. The molecule has 0 aliphatic carbocycles. The van der Waals surface area contributed by atoms with E-state index in [4.69, 9.17) is 0 Å². The summed E-state index contributed by atoms with van der Waals surface area (Å²) in [6.45, 7) is 5.85. The molecule has 2 heterocycles. The van der Waals surface area contributed by atoms with Gasteiger partial charge in [-0.1, -0.05) is 18.6 Å². The Morgan fingerprint density at radius 2 is 1.79 bits per heavy atom. The first-order valence-corrected chi connectivity index (χ1v) is 9.06. The average molecular weight is 333 g/mol. The van der Waals surface area contributed by atoms with Gasteiger partial charge >= 0.3 is 0 Å². The molecule has 0 radical (unpaired) electrons. The molecular weight excluding hydrogens is 305 g/mol. The molecule has 3 rings (SSSR count). The Kier molecular flexibility index (Phi) is 5.85. The quantitative estimate of drug-likeness (QED) is 0.843. The minimum atomic E-state index is -0.257. The zero-order valence-electron chi connectivity index (χ0n) is 14.6. The van der Waals surface area contributed by atoms with Gasteiger partial charge < -0.3 is 9.80 Å². The van der Waals surface area contributed by atoms with Crippen LogP contribution >= 0.6 is 0 Å². The van der Waals surface area contributed by atoms with Gasteiger partial charge in [0.15, 0.2) is 0 Å². The molecule has 0 spiro atoms. The first kappa shape index (κ1) is 17.4. The van der Waals surface area contributed by atoms with Crippen molar-refractivity contribution in [1.29, 1.82) is 0 Å². The van der Waals surface area contributed by atoms with Gasteiger partial charge in [-0.05, 0) is 44.1 Å². The number of nitrogens with zero attached hydrogens (tertiary/aromatic N) is 3. The lowest BCUT2D eigenvalue weighted by Crippen LogP contribution is -2.53. The molecule has 24 heavy (non-hydrogen) atoms. The Labute approximate surface area is 144 Å². The van der Waals surface area contributed by atoms with Crippen LogP contribution in [0.15, 0.2) is 24.3 Å². The maximum absolute atomic E-state index is 12.9. The van der Waals surface area contributed by atoms with E-state index in [-0.39, 0.29) is 11.7 Å². The summed E-state index contributed by atoms with van der Waals surface area (Å²) >= 11 is 0. The van der Waals surface area contributed by atoms with Gasteiger partial charge in [0.25, 0.3) is 0 Å². The maximum atomic E-state index is 12.9. The van der Waals surface area contributed by atoms with Crippen molar-refractivity contribution in [1.82, 2.24) is 14.7 Å². The number of carbonyl (C=O) groups excluding carboxylic acids is 1. The minimum absolute atomic E-state index is 0.149. The third-order valence-corrected chi connectivity index (χ3v) is 5.38. The zero-order valence-corrected chi connectivity index (χ0v) is 14.6. The molecule has 0 N–H and O–H groups in total. The van der Waals surface area contributed by atoms with E-state index in [1.807, 2.05) is 4.90 Å². The molecule has 0 bridgehead atoms. The Hall–Kier alpha value is -1.46. The molecule has 2 aliphatic heterocycles. The number of hydrogen-bond donors (Lipinski definition) is 0. The molecule has 0 aromatic heterocycles. The van der Waals surface area contributed by atoms with Crippen LogP contribution in [-0.4, -0.2) is 73.0 Å². The molecule has 1 atom stereocenters. The van der Waals surface area contributed by atoms with Crippen LogP contribution in [0.5, 0.6) is 0 Å². The third-order valence-electron chi connectivity index (χ3n) is 5.38. The number of rotatable bonds is 4. The first-order valence-electron chi connectivity index (χ1n) is 9.06. The molecule has 2 aliphatic rings. The fourth-order valence-electron chi connectivity index (χ4n) is 3.74. The van der Waals surface area contributed by atoms with Gasteiger partial charge in [0.2, 0.25) is 5.91 Å². The van der Waals surface area contributed by atoms with Crippen molar-refractivity contribution in [3.8, 4) is 0 Å². The highest BCUT2D eigenvalue weighted by atomic mass is 19.1. The van der Waals surface area contributed by atoms with Crippen LogP contribution in [0.25, 0.3) is 0 Å². The van der Waals surface area contributed by atoms with E-state index in [9.17, 15) is 9.18 Å². The highest BCUT2D eigenvalue weighted by molar-refractivity contribution is 5.78. The maximum Gasteiger partial charge on any atom is 0.227 e. The number of amides is 1. The molecule has 1 aromatic carbocycles. The SMILES string of the molecule is CN1CCCCC1CN1CCN(C(=O)Cc2ccc(F)cc2)CC1. The van der Waals surface area contributed by atoms with Crippen molar-refractivity contribution < 1.29 is 9.18 Å². The highest BCUT2D eigenvalue weighted by Gasteiger charge is 2.25. The summed E-state index contributed by atoms with van der Waals surface area (Å²) in [6.07, 6.45) is 4.32. The van der Waals surface area contributed by atoms with Crippen molar-refractivity contribution in [2.24, 2.45) is 0 Å². The molecule has 1 amide bonds. The monoisotopic (exact) mass is 333 g/mol. The predicted octanol–water partition coefficient (Wildman–Crippen LogP) is 2.00. The molecule has 1 unspecified atom stereocenters. The summed E-state index contributed by atoms with van der Waals surface area (Å²) in [4.78, 5) is 19.3. The van der Waals surface area contributed by atoms with Crippen LogP contribution < -0.4 is 0 Å². The van der Waals surface area contributed by atoms with Crippen LogP contribution in [0.4, 0.5) is 4.39 Å². The Morgan fingerprint density at radius 3 is 2.46 bits per heavy atom. The van der Waals surface area contributed by atoms with Crippen molar-refractivity contribution in [2.45, 2.75) is 31.7 Å². The van der Waals surface area contributed by atoms with Gasteiger partial charge in [-0.15, -0.1) is 0 Å². The number of benzene rings is 1. The van der Waals surface area contributed by atoms with E-state index in [0.717, 1.165) is 38.3 Å². The van der Waals surface area contributed by atoms with Crippen LogP contribution in [0, 0.1) is 5.82 Å². The van der Waals surface area contributed by atoms with E-state index < -0.39 is 0 Å². The van der Waals surface area contributed by atoms with Gasteiger partial charge in [0.1, 0.15) is 5.82 Å². The lowest BCUT2D eigenvalue weighted by atomic mass is 10.0. The van der Waals surface area contributed by atoms with Crippen LogP contribution in [0.1, 0.15) is 24.8 Å². The molecule has 2 fully saturated rings. The van der Waals surface area contributed by atoms with Crippen molar-refractivity contribution in [3.05, 3.63) is 35.6 Å². The fraction of sp³-hybridized carbons (Fsp3) is 0.632. The number of hydrogen-bond acceptors (Lipinski definition) is 3. The van der Waals surface area contributed by atoms with Crippen molar-refractivity contribution >= 4 is 5.91 Å². The van der Waals surface area contributed by atoms with Gasteiger partial charge in [-0.2, -0.15) is 0 Å². The van der Waals surface area contributed by atoms with E-state index in [0.29, 0.717) is 12.5 Å². The second-order valence-electron chi connectivity index (χ2n) is 7.11. The van der Waals surface area contributed by atoms with Gasteiger partial charge in [-0.3, -0.25) is 9.69 Å². The summed E-state index contributed by atoms with van der Waals surface area (Å²) in [6, 6.07) is 6.90. The summed E-state index contributed by atoms with van der Waals surface area (Å²) in [5, 5.41) is 0. The normalized spacial score (nSPS) is 23.4. The number of carbonyl (C=O) groups is 1. The van der Waals surface area contributed by atoms with Gasteiger partial charge in [0, 0.05) is 38.8 Å². The smallest absolute Gasteiger partial charge is 0.227 e. The van der Waals surface area contributed by atoms with Crippen LogP contribution in [0.3, 0.4) is 0 Å². The highest BCUT2D eigenvalue weighted by Crippen LogP contribution is 2.17. The Bertz CT molecular complexity index is 540. The van der Waals surface area contributed by atoms with E-state index in [1.165, 1.54) is 37.9 Å². The summed E-state index contributed by atoms with van der Waals surface area (Å²) in [7, 11) is 2.23. The fourth-order valence-corrected chi connectivity index (χ4v) is 3.74. The van der Waals surface area contributed by atoms with Crippen molar-refractivity contribution in [2.75, 3.05) is 46.3 Å². The number of likely N-dealkylation sites (tertiary alicyclic amines) is 1. The number of halogens is 1. The van der Waals surface area contributed by atoms with E-state index in [1.54, 1.807) is 12.1 Å². The van der Waals surface area contributed by atoms with Gasteiger partial charge in [0.05, 0.1) is 6.42 Å². The number of likely N-dealkylation sites (N-methyl/N-ethyl adjacent to an activating group) is 1. The zero-order chi connectivity index (χ0) is 16.9. The summed E-state index contributed by atoms with van der Waals surface area (Å²) in [5.41, 5.74) is 0.882. The molecule has 0 saturated carbocycles. The standard InChI is InChI=1S/C19H28FN3O/c1-21-9-3-2-4-18(21)15-22-10-12-23(13-11-22)19(24)14-16-5-7-17(20)8-6-16/h5-8,18H,2-4,9-15H2,1H3. The molecule has 2 saturated heterocycles. The molecule has 1 aromatic rings.